The van der Waals surface area contributed by atoms with Gasteiger partial charge in [-0.25, -0.2) is 4.98 Å². The van der Waals surface area contributed by atoms with E-state index in [4.69, 9.17) is 23.2 Å². The highest BCUT2D eigenvalue weighted by Crippen LogP contribution is 2.25. The number of amides is 1. The van der Waals surface area contributed by atoms with Crippen LogP contribution in [-0.4, -0.2) is 26.3 Å². The molecule has 8 heteroatoms. The standard InChI is InChI=1S/C20H19Cl2N3O2S/c1-13-2-4-14(5-3-13)9-25-10-16(11-26)24-20(25)28-12-19(27)23-15-6-7-17(21)18(22)8-15/h2-8,10,26H,9,11-12H2,1H3,(H,23,27). The van der Waals surface area contributed by atoms with Crippen LogP contribution in [0.15, 0.2) is 53.8 Å². The number of carbonyl (C=O) groups excluding carboxylic acids is 1. The average molecular weight is 436 g/mol. The number of nitrogens with one attached hydrogen (secondary N) is 1. The second-order valence-electron chi connectivity index (χ2n) is 6.25. The lowest BCUT2D eigenvalue weighted by molar-refractivity contribution is -0.113. The summed E-state index contributed by atoms with van der Waals surface area (Å²) in [5, 5.41) is 13.7. The van der Waals surface area contributed by atoms with Crippen LogP contribution < -0.4 is 5.32 Å². The van der Waals surface area contributed by atoms with E-state index in [9.17, 15) is 9.90 Å². The second kappa shape index (κ2) is 9.47. The number of aliphatic hydroxyl groups is 1. The molecular weight excluding hydrogens is 417 g/mol. The molecule has 0 spiro atoms. The number of aryl methyl sites for hydroxylation is 1. The third-order valence-electron chi connectivity index (χ3n) is 3.96. The Labute approximate surface area is 177 Å². The van der Waals surface area contributed by atoms with E-state index in [1.807, 2.05) is 11.5 Å². The number of imidazole rings is 1. The van der Waals surface area contributed by atoms with Crippen LogP contribution >= 0.6 is 35.0 Å². The van der Waals surface area contributed by atoms with Crippen LogP contribution in [0.1, 0.15) is 16.8 Å². The van der Waals surface area contributed by atoms with Gasteiger partial charge < -0.3 is 15.0 Å². The molecule has 2 N–H and O–H groups in total. The third-order valence-corrected chi connectivity index (χ3v) is 5.69. The molecule has 3 rings (SSSR count). The van der Waals surface area contributed by atoms with Crippen molar-refractivity contribution >= 4 is 46.6 Å². The Kier molecular flexibility index (Phi) is 7.02. The molecule has 3 aromatic rings. The highest BCUT2D eigenvalue weighted by Gasteiger charge is 2.12. The lowest BCUT2D eigenvalue weighted by Gasteiger charge is -2.09. The van der Waals surface area contributed by atoms with E-state index in [0.717, 1.165) is 5.56 Å². The van der Waals surface area contributed by atoms with Crippen LogP contribution in [0.4, 0.5) is 5.69 Å². The predicted octanol–water partition coefficient (Wildman–Crippen LogP) is 4.77. The summed E-state index contributed by atoms with van der Waals surface area (Å²) < 4.78 is 1.94. The van der Waals surface area contributed by atoms with E-state index in [0.29, 0.717) is 33.1 Å². The van der Waals surface area contributed by atoms with Crippen molar-refractivity contribution in [2.75, 3.05) is 11.1 Å². The van der Waals surface area contributed by atoms with E-state index in [1.54, 1.807) is 24.4 Å². The molecule has 0 fully saturated rings. The average Bonchev–Trinajstić information content (AvgIpc) is 3.07. The molecule has 0 aliphatic rings. The molecule has 5 nitrogen and oxygen atoms in total. The molecule has 1 heterocycles. The molecule has 0 aliphatic carbocycles. The minimum atomic E-state index is -0.182. The lowest BCUT2D eigenvalue weighted by Crippen LogP contribution is -2.14. The van der Waals surface area contributed by atoms with Gasteiger partial charge in [-0.15, -0.1) is 0 Å². The van der Waals surface area contributed by atoms with Gasteiger partial charge in [0.15, 0.2) is 5.16 Å². The first-order chi connectivity index (χ1) is 13.4. The molecule has 0 bridgehead atoms. The Bertz CT molecular complexity index is 974. The normalized spacial score (nSPS) is 10.9. The van der Waals surface area contributed by atoms with E-state index in [1.165, 1.54) is 17.3 Å². The second-order valence-corrected chi connectivity index (χ2v) is 8.01. The Balaban J connectivity index is 1.65. The fourth-order valence-corrected chi connectivity index (χ4v) is 3.64. The molecule has 0 saturated carbocycles. The lowest BCUT2D eigenvalue weighted by atomic mass is 10.1. The third kappa shape index (κ3) is 5.52. The Hall–Kier alpha value is -1.99. The molecule has 1 aromatic heterocycles. The van der Waals surface area contributed by atoms with Crippen molar-refractivity contribution in [3.8, 4) is 0 Å². The summed E-state index contributed by atoms with van der Waals surface area (Å²) in [5.74, 6) is -0.00503. The maximum absolute atomic E-state index is 12.3. The first-order valence-corrected chi connectivity index (χ1v) is 10.3. The summed E-state index contributed by atoms with van der Waals surface area (Å²) >= 11 is 13.2. The number of nitrogens with zero attached hydrogens (tertiary/aromatic N) is 2. The van der Waals surface area contributed by atoms with Gasteiger partial charge in [0, 0.05) is 18.4 Å². The first-order valence-electron chi connectivity index (χ1n) is 8.55. The van der Waals surface area contributed by atoms with Gasteiger partial charge in [0.2, 0.25) is 5.91 Å². The summed E-state index contributed by atoms with van der Waals surface area (Å²) in [5.41, 5.74) is 3.46. The van der Waals surface area contributed by atoms with Gasteiger partial charge in [0.1, 0.15) is 0 Å². The monoisotopic (exact) mass is 435 g/mol. The minimum Gasteiger partial charge on any atom is -0.390 e. The van der Waals surface area contributed by atoms with Gasteiger partial charge in [-0.05, 0) is 30.7 Å². The van der Waals surface area contributed by atoms with Crippen LogP contribution in [0.25, 0.3) is 0 Å². The number of aromatic nitrogens is 2. The van der Waals surface area contributed by atoms with E-state index in [-0.39, 0.29) is 18.3 Å². The molecule has 0 atom stereocenters. The summed E-state index contributed by atoms with van der Waals surface area (Å²) in [6, 6.07) is 13.1. The molecule has 2 aromatic carbocycles. The molecule has 28 heavy (non-hydrogen) atoms. The zero-order valence-corrected chi connectivity index (χ0v) is 17.5. The van der Waals surface area contributed by atoms with Gasteiger partial charge in [0.25, 0.3) is 0 Å². The number of carbonyl (C=O) groups is 1. The number of aliphatic hydroxyl groups excluding tert-OH is 1. The van der Waals surface area contributed by atoms with Crippen molar-refractivity contribution in [3.63, 3.8) is 0 Å². The number of anilines is 1. The number of benzene rings is 2. The molecule has 146 valence electrons. The molecular formula is C20H19Cl2N3O2S. The summed E-state index contributed by atoms with van der Waals surface area (Å²) in [4.78, 5) is 16.7. The van der Waals surface area contributed by atoms with Crippen LogP contribution in [0.3, 0.4) is 0 Å². The first kappa shape index (κ1) is 20.7. The molecule has 0 unspecified atom stereocenters. The Morgan fingerprint density at radius 2 is 1.93 bits per heavy atom. The molecule has 0 saturated heterocycles. The number of hydrogen-bond acceptors (Lipinski definition) is 4. The Morgan fingerprint density at radius 1 is 1.18 bits per heavy atom. The van der Waals surface area contributed by atoms with Crippen molar-refractivity contribution in [2.45, 2.75) is 25.2 Å². The van der Waals surface area contributed by atoms with Crippen LogP contribution in [0, 0.1) is 6.92 Å². The number of halogens is 2. The highest BCUT2D eigenvalue weighted by molar-refractivity contribution is 7.99. The topological polar surface area (TPSA) is 67.1 Å². The van der Waals surface area contributed by atoms with Crippen LogP contribution in [-0.2, 0) is 17.9 Å². The quantitative estimate of drug-likeness (QED) is 0.524. The van der Waals surface area contributed by atoms with E-state index >= 15 is 0 Å². The van der Waals surface area contributed by atoms with E-state index in [2.05, 4.69) is 34.6 Å². The predicted molar refractivity (Wildman–Crippen MR) is 114 cm³/mol. The summed E-state index contributed by atoms with van der Waals surface area (Å²) in [7, 11) is 0. The zero-order valence-electron chi connectivity index (χ0n) is 15.2. The van der Waals surface area contributed by atoms with Crippen LogP contribution in [0.2, 0.25) is 10.0 Å². The van der Waals surface area contributed by atoms with Crippen molar-refractivity contribution in [2.24, 2.45) is 0 Å². The molecule has 0 aliphatic heterocycles. The zero-order chi connectivity index (χ0) is 20.1. The van der Waals surface area contributed by atoms with Crippen LogP contribution in [0.5, 0.6) is 0 Å². The van der Waals surface area contributed by atoms with Crippen molar-refractivity contribution < 1.29 is 9.90 Å². The van der Waals surface area contributed by atoms with E-state index < -0.39 is 0 Å². The van der Waals surface area contributed by atoms with Crippen molar-refractivity contribution in [1.82, 2.24) is 9.55 Å². The van der Waals surface area contributed by atoms with Gasteiger partial charge >= 0.3 is 0 Å². The highest BCUT2D eigenvalue weighted by atomic mass is 35.5. The smallest absolute Gasteiger partial charge is 0.234 e. The van der Waals surface area contributed by atoms with Crippen molar-refractivity contribution in [3.05, 3.63) is 75.5 Å². The van der Waals surface area contributed by atoms with Gasteiger partial charge in [-0.2, -0.15) is 0 Å². The SMILES string of the molecule is Cc1ccc(Cn2cc(CO)nc2SCC(=O)Nc2ccc(Cl)c(Cl)c2)cc1. The van der Waals surface area contributed by atoms with Gasteiger partial charge in [-0.3, -0.25) is 4.79 Å². The fourth-order valence-electron chi connectivity index (χ4n) is 2.55. The largest absolute Gasteiger partial charge is 0.390 e. The van der Waals surface area contributed by atoms with Crippen molar-refractivity contribution in [1.29, 1.82) is 0 Å². The summed E-state index contributed by atoms with van der Waals surface area (Å²) in [6.45, 7) is 2.51. The van der Waals surface area contributed by atoms with Gasteiger partial charge in [0.05, 0.1) is 28.1 Å². The molecule has 0 radical (unpaired) electrons. The number of rotatable bonds is 7. The molecule has 1 amide bonds. The minimum absolute atomic E-state index is 0.149. The fraction of sp³-hybridized carbons (Fsp3) is 0.200. The maximum Gasteiger partial charge on any atom is 0.234 e. The number of thioether (sulfide) groups is 1. The maximum atomic E-state index is 12.3. The number of hydrogen-bond donors (Lipinski definition) is 2. The van der Waals surface area contributed by atoms with Gasteiger partial charge in [-0.1, -0.05) is 64.8 Å². The Morgan fingerprint density at radius 3 is 2.61 bits per heavy atom. The summed E-state index contributed by atoms with van der Waals surface area (Å²) in [6.07, 6.45) is 1.80.